The van der Waals surface area contributed by atoms with E-state index < -0.39 is 11.9 Å². The van der Waals surface area contributed by atoms with E-state index in [2.05, 4.69) is 0 Å². The van der Waals surface area contributed by atoms with E-state index >= 15 is 0 Å². The molecule has 1 fully saturated rings. The molecule has 0 unspecified atom stereocenters. The third-order valence-electron chi connectivity index (χ3n) is 4.82. The Kier molecular flexibility index (Phi) is 4.53. The molecule has 1 aromatic carbocycles. The van der Waals surface area contributed by atoms with Crippen LogP contribution in [0.25, 0.3) is 5.69 Å². The summed E-state index contributed by atoms with van der Waals surface area (Å²) >= 11 is 0. The Balaban J connectivity index is 1.89. The van der Waals surface area contributed by atoms with Crippen LogP contribution in [-0.4, -0.2) is 46.6 Å². The van der Waals surface area contributed by atoms with E-state index in [9.17, 15) is 9.59 Å². The van der Waals surface area contributed by atoms with Crippen LogP contribution in [0.15, 0.2) is 30.3 Å². The van der Waals surface area contributed by atoms with Gasteiger partial charge in [-0.3, -0.25) is 9.59 Å². The first kappa shape index (κ1) is 17.1. The second kappa shape index (κ2) is 6.63. The molecule has 0 bridgehead atoms. The van der Waals surface area contributed by atoms with E-state index in [0.717, 1.165) is 22.8 Å². The van der Waals surface area contributed by atoms with Crippen LogP contribution in [0.5, 0.6) is 5.75 Å². The monoisotopic (exact) mass is 342 g/mol. The summed E-state index contributed by atoms with van der Waals surface area (Å²) in [7, 11) is 1.62. The summed E-state index contributed by atoms with van der Waals surface area (Å²) < 4.78 is 7.21. The fraction of sp³-hybridized carbons (Fsp3) is 0.368. The van der Waals surface area contributed by atoms with Crippen molar-refractivity contribution in [3.05, 3.63) is 47.3 Å². The SMILES string of the molecule is COc1ccc(-n2c(C)cc(C(=O)N3CC[C@@H](C(=O)O)C3)c2C)cc1. The quantitative estimate of drug-likeness (QED) is 0.927. The number of carbonyl (C=O) groups is 2. The number of hydrogen-bond acceptors (Lipinski definition) is 3. The van der Waals surface area contributed by atoms with Gasteiger partial charge in [0.05, 0.1) is 18.6 Å². The van der Waals surface area contributed by atoms with Crippen LogP contribution in [0.4, 0.5) is 0 Å². The molecule has 0 aliphatic carbocycles. The number of carbonyl (C=O) groups excluding carboxylic acids is 1. The highest BCUT2D eigenvalue weighted by Crippen LogP contribution is 2.26. The average molecular weight is 342 g/mol. The molecule has 1 aromatic heterocycles. The zero-order valence-corrected chi connectivity index (χ0v) is 14.7. The smallest absolute Gasteiger partial charge is 0.308 e. The predicted molar refractivity (Wildman–Crippen MR) is 93.4 cm³/mol. The van der Waals surface area contributed by atoms with E-state index in [1.54, 1.807) is 12.0 Å². The third kappa shape index (κ3) is 3.12. The summed E-state index contributed by atoms with van der Waals surface area (Å²) in [5, 5.41) is 9.13. The molecule has 6 heteroatoms. The fourth-order valence-electron chi connectivity index (χ4n) is 3.42. The van der Waals surface area contributed by atoms with Crippen LogP contribution in [0.3, 0.4) is 0 Å². The van der Waals surface area contributed by atoms with Crippen molar-refractivity contribution in [1.82, 2.24) is 9.47 Å². The number of carboxylic acid groups (broad SMARTS) is 1. The molecule has 2 heterocycles. The minimum atomic E-state index is -0.834. The van der Waals surface area contributed by atoms with Gasteiger partial charge in [-0.15, -0.1) is 0 Å². The lowest BCUT2D eigenvalue weighted by Crippen LogP contribution is -2.30. The Bertz CT molecular complexity index is 808. The number of aliphatic carboxylic acids is 1. The largest absolute Gasteiger partial charge is 0.497 e. The van der Waals surface area contributed by atoms with Gasteiger partial charge < -0.3 is 19.3 Å². The first-order valence-corrected chi connectivity index (χ1v) is 8.27. The maximum Gasteiger partial charge on any atom is 0.308 e. The van der Waals surface area contributed by atoms with Gasteiger partial charge in [0.15, 0.2) is 0 Å². The zero-order valence-electron chi connectivity index (χ0n) is 14.7. The number of nitrogens with zero attached hydrogens (tertiary/aromatic N) is 2. The number of aromatic nitrogens is 1. The van der Waals surface area contributed by atoms with Crippen molar-refractivity contribution in [2.75, 3.05) is 20.2 Å². The van der Waals surface area contributed by atoms with Crippen molar-refractivity contribution >= 4 is 11.9 Å². The standard InChI is InChI=1S/C19H22N2O4/c1-12-10-17(18(22)20-9-8-14(11-20)19(23)24)13(2)21(12)15-4-6-16(25-3)7-5-15/h4-7,10,14H,8-9,11H2,1-3H3,(H,23,24)/t14-/m1/s1. The summed E-state index contributed by atoms with van der Waals surface area (Å²) in [5.41, 5.74) is 3.39. The summed E-state index contributed by atoms with van der Waals surface area (Å²) in [5.74, 6) is -0.621. The van der Waals surface area contributed by atoms with Crippen LogP contribution in [0.2, 0.25) is 0 Å². The lowest BCUT2D eigenvalue weighted by Gasteiger charge is -2.16. The Morgan fingerprint density at radius 2 is 1.88 bits per heavy atom. The van der Waals surface area contributed by atoms with Crippen LogP contribution >= 0.6 is 0 Å². The molecule has 1 aliphatic heterocycles. The zero-order chi connectivity index (χ0) is 18.1. The van der Waals surface area contributed by atoms with Gasteiger partial charge >= 0.3 is 5.97 Å². The van der Waals surface area contributed by atoms with Crippen LogP contribution < -0.4 is 4.74 Å². The Labute approximate surface area is 146 Å². The Hall–Kier alpha value is -2.76. The summed E-state index contributed by atoms with van der Waals surface area (Å²) in [6.45, 7) is 4.63. The van der Waals surface area contributed by atoms with Gasteiger partial charge in [0.2, 0.25) is 0 Å². The number of benzene rings is 1. The molecule has 0 radical (unpaired) electrons. The number of rotatable bonds is 4. The molecule has 6 nitrogen and oxygen atoms in total. The second-order valence-electron chi connectivity index (χ2n) is 6.39. The topological polar surface area (TPSA) is 71.8 Å². The minimum absolute atomic E-state index is 0.100. The van der Waals surface area contributed by atoms with Gasteiger partial charge in [0, 0.05) is 30.2 Å². The van der Waals surface area contributed by atoms with E-state index in [-0.39, 0.29) is 12.5 Å². The number of likely N-dealkylation sites (tertiary alicyclic amines) is 1. The van der Waals surface area contributed by atoms with Crippen LogP contribution in [0, 0.1) is 19.8 Å². The summed E-state index contributed by atoms with van der Waals surface area (Å²) in [6.07, 6.45) is 0.512. The molecule has 1 amide bonds. The molecule has 1 saturated heterocycles. The highest BCUT2D eigenvalue weighted by atomic mass is 16.5. The van der Waals surface area contributed by atoms with Crippen molar-refractivity contribution in [3.8, 4) is 11.4 Å². The molecule has 1 aliphatic rings. The van der Waals surface area contributed by atoms with Crippen molar-refractivity contribution < 1.29 is 19.4 Å². The molecule has 0 spiro atoms. The summed E-state index contributed by atoms with van der Waals surface area (Å²) in [6, 6.07) is 9.53. The molecule has 25 heavy (non-hydrogen) atoms. The molecule has 2 aromatic rings. The predicted octanol–water partition coefficient (Wildman–Crippen LogP) is 2.65. The van der Waals surface area contributed by atoms with Gasteiger partial charge in [-0.25, -0.2) is 0 Å². The third-order valence-corrected chi connectivity index (χ3v) is 4.82. The number of hydrogen-bond donors (Lipinski definition) is 1. The van der Waals surface area contributed by atoms with Crippen LogP contribution in [-0.2, 0) is 4.79 Å². The summed E-state index contributed by atoms with van der Waals surface area (Å²) in [4.78, 5) is 25.6. The molecule has 132 valence electrons. The molecule has 0 saturated carbocycles. The van der Waals surface area contributed by atoms with Crippen molar-refractivity contribution in [2.45, 2.75) is 20.3 Å². The van der Waals surface area contributed by atoms with Gasteiger partial charge in [0.25, 0.3) is 5.91 Å². The van der Waals surface area contributed by atoms with Gasteiger partial charge in [-0.2, -0.15) is 0 Å². The second-order valence-corrected chi connectivity index (χ2v) is 6.39. The van der Waals surface area contributed by atoms with Gasteiger partial charge in [0.1, 0.15) is 5.75 Å². The Morgan fingerprint density at radius 1 is 1.20 bits per heavy atom. The van der Waals surface area contributed by atoms with E-state index in [0.29, 0.717) is 18.5 Å². The normalized spacial score (nSPS) is 16.9. The van der Waals surface area contributed by atoms with Crippen molar-refractivity contribution in [1.29, 1.82) is 0 Å². The molecular formula is C19H22N2O4. The highest BCUT2D eigenvalue weighted by Gasteiger charge is 2.32. The maximum absolute atomic E-state index is 12.8. The van der Waals surface area contributed by atoms with Gasteiger partial charge in [-0.1, -0.05) is 0 Å². The lowest BCUT2D eigenvalue weighted by atomic mass is 10.1. The molecule has 1 atom stereocenters. The number of amides is 1. The van der Waals surface area contributed by atoms with E-state index in [4.69, 9.17) is 9.84 Å². The fourth-order valence-corrected chi connectivity index (χ4v) is 3.42. The Morgan fingerprint density at radius 3 is 2.44 bits per heavy atom. The minimum Gasteiger partial charge on any atom is -0.497 e. The molecule has 3 rings (SSSR count). The van der Waals surface area contributed by atoms with Crippen molar-refractivity contribution in [3.63, 3.8) is 0 Å². The maximum atomic E-state index is 12.8. The van der Waals surface area contributed by atoms with Crippen molar-refractivity contribution in [2.24, 2.45) is 5.92 Å². The van der Waals surface area contributed by atoms with Gasteiger partial charge in [-0.05, 0) is 50.6 Å². The molecular weight excluding hydrogens is 320 g/mol. The van der Waals surface area contributed by atoms with E-state index in [1.807, 2.05) is 48.7 Å². The molecule has 1 N–H and O–H groups in total. The average Bonchev–Trinajstić information content (AvgIpc) is 3.20. The first-order chi connectivity index (χ1) is 11.9. The van der Waals surface area contributed by atoms with E-state index in [1.165, 1.54) is 0 Å². The number of ether oxygens (including phenoxy) is 1. The number of methoxy groups -OCH3 is 1. The first-order valence-electron chi connectivity index (χ1n) is 8.27. The number of carboxylic acids is 1. The van der Waals surface area contributed by atoms with Crippen LogP contribution in [0.1, 0.15) is 28.2 Å². The lowest BCUT2D eigenvalue weighted by molar-refractivity contribution is -0.141. The highest BCUT2D eigenvalue weighted by molar-refractivity contribution is 5.96. The number of aryl methyl sites for hydroxylation is 1.